The molecule has 3 heterocycles. The van der Waals surface area contributed by atoms with Crippen molar-refractivity contribution in [3.05, 3.63) is 76.8 Å². The average Bonchev–Trinajstić information content (AvgIpc) is 3.56. The number of sulfonamides is 1. The number of pyridine rings is 1. The zero-order valence-corrected chi connectivity index (χ0v) is 21.7. The van der Waals surface area contributed by atoms with Crippen LogP contribution in [-0.4, -0.2) is 63.7 Å². The molecule has 14 heteroatoms. The molecule has 0 radical (unpaired) electrons. The Morgan fingerprint density at radius 3 is 2.45 bits per heavy atom. The van der Waals surface area contributed by atoms with Gasteiger partial charge in [-0.3, -0.25) is 0 Å². The van der Waals surface area contributed by atoms with Crippen LogP contribution in [0.15, 0.2) is 66.1 Å². The quantitative estimate of drug-likeness (QED) is 0.300. The molecule has 1 saturated heterocycles. The predicted molar refractivity (Wildman–Crippen MR) is 140 cm³/mol. The van der Waals surface area contributed by atoms with Gasteiger partial charge in [0.1, 0.15) is 11.9 Å². The van der Waals surface area contributed by atoms with Crippen LogP contribution in [0.3, 0.4) is 0 Å². The summed E-state index contributed by atoms with van der Waals surface area (Å²) in [4.78, 5) is 33.3. The largest absolute Gasteiger partial charge is 0.480 e. The molecular formula is C24H19Cl2N5O6S. The number of aliphatic carboxylic acids is 1. The van der Waals surface area contributed by atoms with E-state index < -0.39 is 34.0 Å². The zero-order chi connectivity index (χ0) is 27.2. The van der Waals surface area contributed by atoms with E-state index in [0.29, 0.717) is 16.6 Å². The van der Waals surface area contributed by atoms with E-state index in [0.717, 1.165) is 0 Å². The fraction of sp³-hybridized carbons (Fsp3) is 0.167. The molecule has 0 aliphatic carbocycles. The van der Waals surface area contributed by atoms with E-state index in [1.165, 1.54) is 29.2 Å². The number of anilines is 1. The molecule has 0 spiro atoms. The third kappa shape index (κ3) is 4.78. The molecule has 2 aromatic heterocycles. The Hall–Kier alpha value is -3.71. The van der Waals surface area contributed by atoms with Gasteiger partial charge in [0.2, 0.25) is 10.0 Å². The lowest BCUT2D eigenvalue weighted by molar-refractivity contribution is -0.138. The van der Waals surface area contributed by atoms with Crippen LogP contribution in [0, 0.1) is 0 Å². The first-order chi connectivity index (χ1) is 18.0. The van der Waals surface area contributed by atoms with Crippen molar-refractivity contribution in [1.29, 1.82) is 0 Å². The van der Waals surface area contributed by atoms with Crippen LogP contribution in [0.1, 0.15) is 16.8 Å². The van der Waals surface area contributed by atoms with Crippen molar-refractivity contribution in [2.75, 3.05) is 11.4 Å². The molecule has 5 rings (SSSR count). The van der Waals surface area contributed by atoms with E-state index in [1.807, 2.05) is 0 Å². The number of aromatic carboxylic acids is 1. The Balaban J connectivity index is 1.51. The van der Waals surface area contributed by atoms with Crippen LogP contribution in [0.25, 0.3) is 16.6 Å². The highest BCUT2D eigenvalue weighted by molar-refractivity contribution is 7.89. The summed E-state index contributed by atoms with van der Waals surface area (Å²) >= 11 is 12.7. The molecule has 11 nitrogen and oxygen atoms in total. The molecule has 0 amide bonds. The minimum Gasteiger partial charge on any atom is -0.480 e. The third-order valence-electron chi connectivity index (χ3n) is 6.23. The first-order valence-electron chi connectivity index (χ1n) is 11.2. The number of hydrogen-bond donors (Lipinski definition) is 3. The predicted octanol–water partition coefficient (Wildman–Crippen LogP) is 3.44. The van der Waals surface area contributed by atoms with Gasteiger partial charge in [-0.15, -0.1) is 0 Å². The second-order valence-corrected chi connectivity index (χ2v) is 11.1. The van der Waals surface area contributed by atoms with Gasteiger partial charge in [0, 0.05) is 36.4 Å². The normalized spacial score (nSPS) is 17.7. The van der Waals surface area contributed by atoms with Crippen molar-refractivity contribution in [2.45, 2.75) is 23.4 Å². The third-order valence-corrected chi connectivity index (χ3v) is 8.56. The monoisotopic (exact) mass is 575 g/mol. The van der Waals surface area contributed by atoms with Gasteiger partial charge in [-0.05, 0) is 42.8 Å². The van der Waals surface area contributed by atoms with Crippen molar-refractivity contribution in [3.63, 3.8) is 0 Å². The van der Waals surface area contributed by atoms with Crippen molar-refractivity contribution >= 4 is 61.9 Å². The Bertz CT molecular complexity index is 1660. The van der Waals surface area contributed by atoms with Gasteiger partial charge in [-0.25, -0.2) is 32.7 Å². The van der Waals surface area contributed by atoms with Crippen LogP contribution in [0.2, 0.25) is 10.0 Å². The van der Waals surface area contributed by atoms with Crippen molar-refractivity contribution < 1.29 is 28.2 Å². The lowest BCUT2D eigenvalue weighted by Crippen LogP contribution is -2.38. The van der Waals surface area contributed by atoms with Crippen LogP contribution in [0.4, 0.5) is 5.82 Å². The molecule has 3 N–H and O–H groups in total. The number of fused-ring (bicyclic) bond motifs is 1. The summed E-state index contributed by atoms with van der Waals surface area (Å²) in [5.41, 5.74) is 0.927. The average molecular weight is 576 g/mol. The molecule has 0 unspecified atom stereocenters. The van der Waals surface area contributed by atoms with Gasteiger partial charge < -0.3 is 19.7 Å². The molecule has 196 valence electrons. The Labute approximate surface area is 226 Å². The fourth-order valence-corrected chi connectivity index (χ4v) is 6.04. The van der Waals surface area contributed by atoms with Gasteiger partial charge in [0.15, 0.2) is 0 Å². The summed E-state index contributed by atoms with van der Waals surface area (Å²) in [6.07, 6.45) is 4.84. The Morgan fingerprint density at radius 1 is 1.08 bits per heavy atom. The smallest absolute Gasteiger partial charge is 0.335 e. The van der Waals surface area contributed by atoms with Crippen LogP contribution in [0.5, 0.6) is 0 Å². The van der Waals surface area contributed by atoms with Crippen LogP contribution in [-0.2, 0) is 14.8 Å². The summed E-state index contributed by atoms with van der Waals surface area (Å²) in [6, 6.07) is 7.94. The number of aromatic nitrogens is 3. The topological polar surface area (TPSA) is 155 Å². The number of nitrogens with zero attached hydrogens (tertiary/aromatic N) is 4. The van der Waals surface area contributed by atoms with E-state index in [1.54, 1.807) is 41.5 Å². The second-order valence-electron chi connectivity index (χ2n) is 8.62. The van der Waals surface area contributed by atoms with E-state index in [2.05, 4.69) is 14.7 Å². The van der Waals surface area contributed by atoms with Crippen molar-refractivity contribution in [2.24, 2.45) is 0 Å². The molecule has 1 aliphatic rings. The fourth-order valence-electron chi connectivity index (χ4n) is 4.44. The Morgan fingerprint density at radius 2 is 1.82 bits per heavy atom. The molecule has 0 bridgehead atoms. The maximum Gasteiger partial charge on any atom is 0.335 e. The standard InChI is InChI=1S/C24H19Cl2N5O6S/c25-17-6-5-16-18(30-8-7-27-12-30)10-20(28-22(16)21(17)26)31-11-14(9-19(31)24(34)35)29-38(36,37)15-3-1-13(2-4-15)23(32)33/h1-8,10,12,14,19,29H,9,11H2,(H,32,33)(H,34,35)/t14-,19+/m1/s1. The molecule has 0 saturated carbocycles. The maximum absolute atomic E-state index is 13.0. The number of carboxylic acid groups (broad SMARTS) is 2. The van der Waals surface area contributed by atoms with Gasteiger partial charge in [-0.2, -0.15) is 0 Å². The number of halogens is 2. The lowest BCUT2D eigenvalue weighted by atomic mass is 10.1. The van der Waals surface area contributed by atoms with Crippen molar-refractivity contribution in [1.82, 2.24) is 19.3 Å². The van der Waals surface area contributed by atoms with Gasteiger partial charge >= 0.3 is 11.9 Å². The number of imidazole rings is 1. The summed E-state index contributed by atoms with van der Waals surface area (Å²) in [5, 5.41) is 20.1. The molecule has 38 heavy (non-hydrogen) atoms. The van der Waals surface area contributed by atoms with Gasteiger partial charge in [0.05, 0.1) is 38.0 Å². The second kappa shape index (κ2) is 9.87. The highest BCUT2D eigenvalue weighted by Gasteiger charge is 2.40. The van der Waals surface area contributed by atoms with Crippen molar-refractivity contribution in [3.8, 4) is 5.69 Å². The first-order valence-corrected chi connectivity index (χ1v) is 13.4. The SMILES string of the molecule is O=C(O)c1ccc(S(=O)(=O)N[C@@H]2C[C@@H](C(=O)O)N(c3cc(-n4ccnc4)c4ccc(Cl)c(Cl)c4n3)C2)cc1. The summed E-state index contributed by atoms with van der Waals surface area (Å²) in [5.74, 6) is -2.07. The summed E-state index contributed by atoms with van der Waals surface area (Å²) in [7, 11) is -4.07. The van der Waals surface area contributed by atoms with E-state index in [9.17, 15) is 23.1 Å². The molecule has 4 aromatic rings. The van der Waals surface area contributed by atoms with E-state index >= 15 is 0 Å². The summed E-state index contributed by atoms with van der Waals surface area (Å²) in [6.45, 7) is 0.00344. The lowest BCUT2D eigenvalue weighted by Gasteiger charge is -2.24. The number of rotatable bonds is 7. The molecule has 2 atom stereocenters. The minimum absolute atomic E-state index is 0.00344. The number of nitrogens with one attached hydrogen (secondary N) is 1. The first kappa shape index (κ1) is 25.9. The number of carbonyl (C=O) groups is 2. The zero-order valence-electron chi connectivity index (χ0n) is 19.3. The minimum atomic E-state index is -4.07. The van der Waals surface area contributed by atoms with Gasteiger partial charge in [0.25, 0.3) is 0 Å². The highest BCUT2D eigenvalue weighted by Crippen LogP contribution is 2.36. The molecular weight excluding hydrogens is 557 g/mol. The molecule has 1 aliphatic heterocycles. The van der Waals surface area contributed by atoms with E-state index in [-0.39, 0.29) is 39.3 Å². The number of benzene rings is 2. The summed E-state index contributed by atoms with van der Waals surface area (Å²) < 4.78 is 30.2. The number of carboxylic acids is 2. The molecule has 1 fully saturated rings. The van der Waals surface area contributed by atoms with Gasteiger partial charge in [-0.1, -0.05) is 23.2 Å². The highest BCUT2D eigenvalue weighted by atomic mass is 35.5. The van der Waals surface area contributed by atoms with Crippen LogP contribution < -0.4 is 9.62 Å². The van der Waals surface area contributed by atoms with E-state index in [4.69, 9.17) is 28.3 Å². The van der Waals surface area contributed by atoms with Crippen LogP contribution >= 0.6 is 23.2 Å². The molecule has 2 aromatic carbocycles. The number of hydrogen-bond acceptors (Lipinski definition) is 7. The maximum atomic E-state index is 13.0. The Kier molecular flexibility index (Phi) is 6.73.